The van der Waals surface area contributed by atoms with E-state index in [2.05, 4.69) is 10.6 Å². The summed E-state index contributed by atoms with van der Waals surface area (Å²) in [5, 5.41) is 1.06. The number of hydrogen-bond donors (Lipinski definition) is 0. The molecule has 0 amide bonds. The van der Waals surface area contributed by atoms with E-state index in [4.69, 9.17) is 4.74 Å². The SMILES string of the molecule is COC(=O)C1CC(=O)c2c(n3c4c(cccc24)CC3)C1. The second kappa shape index (κ2) is 3.95. The predicted molar refractivity (Wildman–Crippen MR) is 73.8 cm³/mol. The van der Waals surface area contributed by atoms with Crippen molar-refractivity contribution < 1.29 is 14.3 Å². The number of para-hydroxylation sites is 1. The van der Waals surface area contributed by atoms with E-state index >= 15 is 0 Å². The molecule has 1 aliphatic carbocycles. The second-order valence-electron chi connectivity index (χ2n) is 5.59. The zero-order valence-electron chi connectivity index (χ0n) is 11.3. The number of esters is 1. The summed E-state index contributed by atoms with van der Waals surface area (Å²) in [7, 11) is 1.38. The van der Waals surface area contributed by atoms with Crippen molar-refractivity contribution in [2.45, 2.75) is 25.8 Å². The van der Waals surface area contributed by atoms with E-state index in [9.17, 15) is 9.59 Å². The summed E-state index contributed by atoms with van der Waals surface area (Å²) >= 11 is 0. The minimum Gasteiger partial charge on any atom is -0.469 e. The highest BCUT2D eigenvalue weighted by molar-refractivity contribution is 6.12. The normalized spacial score (nSPS) is 20.2. The Morgan fingerprint density at radius 1 is 1.35 bits per heavy atom. The number of aryl methyl sites for hydroxylation is 2. The van der Waals surface area contributed by atoms with Crippen molar-refractivity contribution in [2.75, 3.05) is 7.11 Å². The Labute approximate surface area is 116 Å². The minimum atomic E-state index is -0.329. The topological polar surface area (TPSA) is 48.3 Å². The quantitative estimate of drug-likeness (QED) is 0.745. The van der Waals surface area contributed by atoms with Crippen molar-refractivity contribution in [1.29, 1.82) is 0 Å². The van der Waals surface area contributed by atoms with Crippen molar-refractivity contribution in [2.24, 2.45) is 5.92 Å². The van der Waals surface area contributed by atoms with Gasteiger partial charge < -0.3 is 9.30 Å². The smallest absolute Gasteiger partial charge is 0.309 e. The lowest BCUT2D eigenvalue weighted by atomic mass is 9.85. The van der Waals surface area contributed by atoms with Crippen LogP contribution in [0.25, 0.3) is 10.9 Å². The van der Waals surface area contributed by atoms with Gasteiger partial charge in [0.2, 0.25) is 0 Å². The molecule has 2 aliphatic rings. The molecule has 102 valence electrons. The van der Waals surface area contributed by atoms with Crippen molar-refractivity contribution >= 4 is 22.7 Å². The molecule has 2 heterocycles. The molecule has 0 radical (unpaired) electrons. The molecule has 0 bridgehead atoms. The molecule has 4 nitrogen and oxygen atoms in total. The van der Waals surface area contributed by atoms with Gasteiger partial charge in [0.15, 0.2) is 5.78 Å². The summed E-state index contributed by atoms with van der Waals surface area (Å²) in [4.78, 5) is 24.2. The number of fused-ring (bicyclic) bond motifs is 3. The lowest BCUT2D eigenvalue weighted by Gasteiger charge is -2.21. The third kappa shape index (κ3) is 1.36. The first-order valence-corrected chi connectivity index (χ1v) is 6.94. The summed E-state index contributed by atoms with van der Waals surface area (Å²) in [6.45, 7) is 0.909. The number of benzene rings is 1. The van der Waals surface area contributed by atoms with Gasteiger partial charge in [0.05, 0.1) is 18.5 Å². The molecule has 1 unspecified atom stereocenters. The van der Waals surface area contributed by atoms with Gasteiger partial charge in [0.1, 0.15) is 0 Å². The van der Waals surface area contributed by atoms with Crippen LogP contribution in [0.1, 0.15) is 28.0 Å². The van der Waals surface area contributed by atoms with Crippen molar-refractivity contribution in [3.05, 3.63) is 35.0 Å². The van der Waals surface area contributed by atoms with Crippen LogP contribution in [0.3, 0.4) is 0 Å². The van der Waals surface area contributed by atoms with E-state index in [-0.39, 0.29) is 24.1 Å². The molecule has 0 saturated carbocycles. The molecule has 20 heavy (non-hydrogen) atoms. The van der Waals surface area contributed by atoms with Crippen LogP contribution >= 0.6 is 0 Å². The molecule has 1 aliphatic heterocycles. The van der Waals surface area contributed by atoms with Crippen LogP contribution in [0, 0.1) is 5.92 Å². The lowest BCUT2D eigenvalue weighted by Crippen LogP contribution is -2.28. The Bertz CT molecular complexity index is 757. The van der Waals surface area contributed by atoms with E-state index in [0.717, 1.165) is 29.6 Å². The van der Waals surface area contributed by atoms with Gasteiger partial charge in [-0.2, -0.15) is 0 Å². The van der Waals surface area contributed by atoms with Crippen molar-refractivity contribution in [3.8, 4) is 0 Å². The Morgan fingerprint density at radius 2 is 2.20 bits per heavy atom. The van der Waals surface area contributed by atoms with Crippen LogP contribution in [0.5, 0.6) is 0 Å². The number of Topliss-reactive ketones (excluding diaryl/α,β-unsaturated/α-hetero) is 1. The zero-order valence-corrected chi connectivity index (χ0v) is 11.3. The molecule has 0 spiro atoms. The summed E-state index contributed by atoms with van der Waals surface area (Å²) in [6.07, 6.45) is 1.89. The van der Waals surface area contributed by atoms with E-state index in [1.165, 1.54) is 18.2 Å². The highest BCUT2D eigenvalue weighted by Gasteiger charge is 2.36. The third-order valence-electron chi connectivity index (χ3n) is 4.56. The first-order valence-electron chi connectivity index (χ1n) is 6.94. The summed E-state index contributed by atoms with van der Waals surface area (Å²) < 4.78 is 7.04. The van der Waals surface area contributed by atoms with Crippen LogP contribution < -0.4 is 0 Å². The molecular weight excluding hydrogens is 254 g/mol. The number of methoxy groups -OCH3 is 1. The monoisotopic (exact) mass is 269 g/mol. The number of nitrogens with zero attached hydrogens (tertiary/aromatic N) is 1. The summed E-state index contributed by atoms with van der Waals surface area (Å²) in [5.41, 5.74) is 4.36. The second-order valence-corrected chi connectivity index (χ2v) is 5.59. The third-order valence-corrected chi connectivity index (χ3v) is 4.56. The van der Waals surface area contributed by atoms with E-state index in [1.54, 1.807) is 0 Å². The van der Waals surface area contributed by atoms with Crippen molar-refractivity contribution in [1.82, 2.24) is 4.57 Å². The standard InChI is InChI=1S/C16H15NO3/c1-20-16(19)10-7-12-14(13(18)8-10)11-4-2-3-9-5-6-17(12)15(9)11/h2-4,10H,5-8H2,1H3. The fourth-order valence-corrected chi connectivity index (χ4v) is 3.71. The van der Waals surface area contributed by atoms with Crippen LogP contribution in [-0.2, 0) is 28.9 Å². The molecule has 2 aromatic rings. The summed E-state index contributed by atoms with van der Waals surface area (Å²) in [5.74, 6) is -0.533. The lowest BCUT2D eigenvalue weighted by molar-refractivity contribution is -0.145. The van der Waals surface area contributed by atoms with E-state index in [1.807, 2.05) is 12.1 Å². The highest BCUT2D eigenvalue weighted by atomic mass is 16.5. The maximum Gasteiger partial charge on any atom is 0.309 e. The number of carbonyl (C=O) groups is 2. The predicted octanol–water partition coefficient (Wildman–Crippen LogP) is 2.12. The maximum atomic E-state index is 12.5. The minimum absolute atomic E-state index is 0.0736. The average molecular weight is 269 g/mol. The Kier molecular flexibility index (Phi) is 2.31. The van der Waals surface area contributed by atoms with Crippen molar-refractivity contribution in [3.63, 3.8) is 0 Å². The molecule has 4 heteroatoms. The maximum absolute atomic E-state index is 12.5. The molecule has 1 atom stereocenters. The first-order chi connectivity index (χ1) is 9.70. The number of rotatable bonds is 1. The highest BCUT2D eigenvalue weighted by Crippen LogP contribution is 2.38. The van der Waals surface area contributed by atoms with E-state index < -0.39 is 0 Å². The van der Waals surface area contributed by atoms with E-state index in [0.29, 0.717) is 6.42 Å². The average Bonchev–Trinajstić information content (AvgIpc) is 3.02. The molecular formula is C16H15NO3. The fourth-order valence-electron chi connectivity index (χ4n) is 3.71. The van der Waals surface area contributed by atoms with Gasteiger partial charge >= 0.3 is 5.97 Å². The van der Waals surface area contributed by atoms with Crippen LogP contribution in [0.2, 0.25) is 0 Å². The fraction of sp³-hybridized carbons (Fsp3) is 0.375. The number of carbonyl (C=O) groups excluding carboxylic acids is 2. The number of ketones is 1. The molecule has 0 N–H and O–H groups in total. The first kappa shape index (κ1) is 11.7. The van der Waals surface area contributed by atoms with Crippen LogP contribution in [-0.4, -0.2) is 23.4 Å². The van der Waals surface area contributed by atoms with Gasteiger partial charge in [-0.15, -0.1) is 0 Å². The number of hydrogen-bond acceptors (Lipinski definition) is 3. The van der Waals surface area contributed by atoms with Gasteiger partial charge in [-0.1, -0.05) is 18.2 Å². The molecule has 1 aromatic heterocycles. The Balaban J connectivity index is 1.94. The van der Waals surface area contributed by atoms with Gasteiger partial charge in [-0.25, -0.2) is 0 Å². The number of aromatic nitrogens is 1. The molecule has 4 rings (SSSR count). The number of ether oxygens (including phenoxy) is 1. The molecule has 0 fully saturated rings. The van der Waals surface area contributed by atoms with Crippen LogP contribution in [0.4, 0.5) is 0 Å². The largest absolute Gasteiger partial charge is 0.469 e. The Morgan fingerprint density at radius 3 is 3.00 bits per heavy atom. The van der Waals surface area contributed by atoms with Crippen LogP contribution in [0.15, 0.2) is 18.2 Å². The van der Waals surface area contributed by atoms with Gasteiger partial charge in [0.25, 0.3) is 0 Å². The molecule has 0 saturated heterocycles. The van der Waals surface area contributed by atoms with Gasteiger partial charge in [-0.05, 0) is 12.0 Å². The van der Waals surface area contributed by atoms with Gasteiger partial charge in [-0.3, -0.25) is 9.59 Å². The Hall–Kier alpha value is -2.10. The zero-order chi connectivity index (χ0) is 13.9. The molecule has 1 aromatic carbocycles. The van der Waals surface area contributed by atoms with Gasteiger partial charge in [0, 0.05) is 36.0 Å². The summed E-state index contributed by atoms with van der Waals surface area (Å²) in [6, 6.07) is 6.17.